The second-order valence-corrected chi connectivity index (χ2v) is 11.4. The standard InChI is InChI=1S/C26H44.2C2H6.H2/c1-18(2)7-5-6-8-21-11-14-25-24-13-10-20-17-19(3)9-12-22(20)23(24)15-16-26(21,25)4;2*1-2;/h10,18-19,21-25H,5-9,11-17H2,1-4H3;2*1-2H3;1H. The molecule has 178 valence electrons. The van der Waals surface area contributed by atoms with Crippen molar-refractivity contribution in [1.82, 2.24) is 0 Å². The van der Waals surface area contributed by atoms with Crippen molar-refractivity contribution >= 4 is 0 Å². The minimum absolute atomic E-state index is 0. The van der Waals surface area contributed by atoms with Gasteiger partial charge in [-0.05, 0) is 105 Å². The van der Waals surface area contributed by atoms with E-state index < -0.39 is 0 Å². The van der Waals surface area contributed by atoms with Gasteiger partial charge in [0, 0.05) is 1.43 Å². The molecule has 0 N–H and O–H groups in total. The molecule has 0 aromatic rings. The summed E-state index contributed by atoms with van der Waals surface area (Å²) < 4.78 is 0. The lowest BCUT2D eigenvalue weighted by Gasteiger charge is -2.54. The maximum absolute atomic E-state index is 2.74. The Bertz CT molecular complexity index is 521. The number of hydrogen-bond donors (Lipinski definition) is 0. The molecule has 30 heavy (non-hydrogen) atoms. The number of allylic oxidation sites excluding steroid dienone is 2. The zero-order chi connectivity index (χ0) is 22.3. The molecule has 0 aromatic heterocycles. The van der Waals surface area contributed by atoms with Gasteiger partial charge in [-0.3, -0.25) is 0 Å². The third-order valence-electron chi connectivity index (χ3n) is 9.47. The normalized spacial score (nSPS) is 39.4. The smallest absolute Gasteiger partial charge is 0 e. The van der Waals surface area contributed by atoms with E-state index in [1.54, 1.807) is 25.7 Å². The van der Waals surface area contributed by atoms with Crippen molar-refractivity contribution in [3.05, 3.63) is 11.6 Å². The van der Waals surface area contributed by atoms with Crippen LogP contribution in [0.1, 0.15) is 134 Å². The molecule has 4 aliphatic carbocycles. The lowest BCUT2D eigenvalue weighted by atomic mass is 9.51. The van der Waals surface area contributed by atoms with E-state index in [1.165, 1.54) is 51.4 Å². The SMILES string of the molecule is CC.CC.CC(C)CCCCC1CCC2C3CC=C4CC(C)CCC4C3CCC12C.[HH]. The molecule has 0 bridgehead atoms. The first-order chi connectivity index (χ1) is 14.5. The number of unbranched alkanes of at least 4 members (excludes halogenated alkanes) is 1. The van der Waals surface area contributed by atoms with Gasteiger partial charge in [-0.15, -0.1) is 0 Å². The van der Waals surface area contributed by atoms with E-state index in [-0.39, 0.29) is 1.43 Å². The maximum Gasteiger partial charge on any atom is 0 e. The van der Waals surface area contributed by atoms with Crippen LogP contribution in [0, 0.1) is 46.8 Å². The number of hydrogen-bond acceptors (Lipinski definition) is 0. The summed E-state index contributed by atoms with van der Waals surface area (Å²) >= 11 is 0. The number of fused-ring (bicyclic) bond motifs is 5. The van der Waals surface area contributed by atoms with Crippen LogP contribution in [0.3, 0.4) is 0 Å². The van der Waals surface area contributed by atoms with E-state index >= 15 is 0 Å². The zero-order valence-corrected chi connectivity index (χ0v) is 22.1. The van der Waals surface area contributed by atoms with Gasteiger partial charge in [0.1, 0.15) is 0 Å². The van der Waals surface area contributed by atoms with Crippen LogP contribution in [-0.2, 0) is 0 Å². The Labute approximate surface area is 192 Å². The average molecular weight is 419 g/mol. The van der Waals surface area contributed by atoms with Gasteiger partial charge < -0.3 is 0 Å². The average Bonchev–Trinajstić information content (AvgIpc) is 3.10. The summed E-state index contributed by atoms with van der Waals surface area (Å²) in [5, 5.41) is 0. The quantitative estimate of drug-likeness (QED) is 0.307. The first-order valence-corrected chi connectivity index (χ1v) is 14.2. The molecule has 4 aliphatic rings. The van der Waals surface area contributed by atoms with Gasteiger partial charge in [-0.2, -0.15) is 0 Å². The van der Waals surface area contributed by atoms with Crippen LogP contribution >= 0.6 is 0 Å². The van der Waals surface area contributed by atoms with Crippen LogP contribution in [0.15, 0.2) is 11.6 Å². The highest BCUT2D eigenvalue weighted by molar-refractivity contribution is 5.19. The Kier molecular flexibility index (Phi) is 10.5. The van der Waals surface area contributed by atoms with Crippen LogP contribution in [-0.4, -0.2) is 0 Å². The zero-order valence-electron chi connectivity index (χ0n) is 22.1. The van der Waals surface area contributed by atoms with Crippen LogP contribution in [0.5, 0.6) is 0 Å². The molecule has 4 rings (SSSR count). The van der Waals surface area contributed by atoms with Gasteiger partial charge in [0.2, 0.25) is 0 Å². The first-order valence-electron chi connectivity index (χ1n) is 14.2. The molecular formula is C30H58. The van der Waals surface area contributed by atoms with Crippen LogP contribution in [0.4, 0.5) is 0 Å². The Hall–Kier alpha value is -0.260. The molecule has 0 spiro atoms. The van der Waals surface area contributed by atoms with E-state index in [4.69, 9.17) is 0 Å². The monoisotopic (exact) mass is 418 g/mol. The molecule has 3 saturated carbocycles. The molecule has 0 radical (unpaired) electrons. The van der Waals surface area contributed by atoms with E-state index in [9.17, 15) is 0 Å². The van der Waals surface area contributed by atoms with Crippen molar-refractivity contribution in [2.75, 3.05) is 0 Å². The molecule has 3 fully saturated rings. The first kappa shape index (κ1) is 26.0. The molecule has 0 aromatic carbocycles. The molecular weight excluding hydrogens is 360 g/mol. The molecule has 0 heterocycles. The Morgan fingerprint density at radius 3 is 2.40 bits per heavy atom. The van der Waals surface area contributed by atoms with Gasteiger partial charge in [0.05, 0.1) is 0 Å². The molecule has 0 nitrogen and oxygen atoms in total. The molecule has 0 saturated heterocycles. The predicted octanol–water partition coefficient (Wildman–Crippen LogP) is 10.3. The fourth-order valence-corrected chi connectivity index (χ4v) is 8.00. The van der Waals surface area contributed by atoms with Crippen molar-refractivity contribution in [2.45, 2.75) is 132 Å². The highest BCUT2D eigenvalue weighted by Crippen LogP contribution is 2.64. The molecule has 7 unspecified atom stereocenters. The third kappa shape index (κ3) is 5.56. The third-order valence-corrected chi connectivity index (χ3v) is 9.47. The van der Waals surface area contributed by atoms with Crippen LogP contribution in [0.2, 0.25) is 0 Å². The summed E-state index contributed by atoms with van der Waals surface area (Å²) in [5.74, 6) is 7.01. The molecule has 7 atom stereocenters. The molecule has 0 heteroatoms. The lowest BCUT2D eigenvalue weighted by molar-refractivity contribution is -0.0157. The second kappa shape index (κ2) is 12.1. The summed E-state index contributed by atoms with van der Waals surface area (Å²) in [6.07, 6.45) is 20.7. The van der Waals surface area contributed by atoms with Crippen molar-refractivity contribution < 1.29 is 1.43 Å². The van der Waals surface area contributed by atoms with Crippen molar-refractivity contribution in [1.29, 1.82) is 0 Å². The summed E-state index contributed by atoms with van der Waals surface area (Å²) in [4.78, 5) is 0. The fraction of sp³-hybridized carbons (Fsp3) is 0.933. The second-order valence-electron chi connectivity index (χ2n) is 11.4. The van der Waals surface area contributed by atoms with Gasteiger partial charge in [0.25, 0.3) is 0 Å². The maximum atomic E-state index is 2.74. The molecule has 0 amide bonds. The minimum atomic E-state index is 0. The van der Waals surface area contributed by atoms with Gasteiger partial charge in [-0.1, -0.05) is 86.3 Å². The Balaban J connectivity index is 0.000000910. The highest BCUT2D eigenvalue weighted by Gasteiger charge is 2.55. The number of rotatable bonds is 5. The van der Waals surface area contributed by atoms with Crippen molar-refractivity contribution in [3.8, 4) is 0 Å². The van der Waals surface area contributed by atoms with E-state index in [1.807, 2.05) is 33.3 Å². The molecule has 0 aliphatic heterocycles. The lowest BCUT2D eigenvalue weighted by Crippen LogP contribution is -2.45. The summed E-state index contributed by atoms with van der Waals surface area (Å²) in [6, 6.07) is 0. The predicted molar refractivity (Wildman–Crippen MR) is 138 cm³/mol. The van der Waals surface area contributed by atoms with E-state index in [2.05, 4.69) is 33.8 Å². The van der Waals surface area contributed by atoms with Crippen molar-refractivity contribution in [2.24, 2.45) is 46.8 Å². The summed E-state index contributed by atoms with van der Waals surface area (Å²) in [5.41, 5.74) is 2.57. The van der Waals surface area contributed by atoms with Crippen molar-refractivity contribution in [3.63, 3.8) is 0 Å². The summed E-state index contributed by atoms with van der Waals surface area (Å²) in [6.45, 7) is 18.0. The van der Waals surface area contributed by atoms with E-state index in [0.717, 1.165) is 41.4 Å². The minimum Gasteiger partial charge on any atom is -0.0847 e. The van der Waals surface area contributed by atoms with Gasteiger partial charge in [0.15, 0.2) is 0 Å². The van der Waals surface area contributed by atoms with Gasteiger partial charge >= 0.3 is 0 Å². The topological polar surface area (TPSA) is 0 Å². The van der Waals surface area contributed by atoms with Gasteiger partial charge in [-0.25, -0.2) is 0 Å². The Morgan fingerprint density at radius 1 is 0.967 bits per heavy atom. The summed E-state index contributed by atoms with van der Waals surface area (Å²) in [7, 11) is 0. The Morgan fingerprint density at radius 2 is 1.70 bits per heavy atom. The van der Waals surface area contributed by atoms with Crippen LogP contribution < -0.4 is 0 Å². The highest BCUT2D eigenvalue weighted by atomic mass is 14.6. The largest absolute Gasteiger partial charge is 0.0847 e. The fourth-order valence-electron chi connectivity index (χ4n) is 8.00. The van der Waals surface area contributed by atoms with E-state index in [0.29, 0.717) is 5.41 Å². The van der Waals surface area contributed by atoms with Crippen LogP contribution in [0.25, 0.3) is 0 Å².